The quantitative estimate of drug-likeness (QED) is 0.739. The summed E-state index contributed by atoms with van der Waals surface area (Å²) in [7, 11) is 3.89. The van der Waals surface area contributed by atoms with Crippen LogP contribution in [0.25, 0.3) is 0 Å². The zero-order valence-electron chi connectivity index (χ0n) is 12.4. The number of morpholine rings is 1. The van der Waals surface area contributed by atoms with Crippen molar-refractivity contribution >= 4 is 12.0 Å². The van der Waals surface area contributed by atoms with Gasteiger partial charge in [0.25, 0.3) is 0 Å². The molecule has 1 atom stereocenters. The first kappa shape index (κ1) is 15.0. The van der Waals surface area contributed by atoms with Crippen molar-refractivity contribution in [3.05, 3.63) is 29.8 Å². The molecule has 0 aliphatic carbocycles. The monoisotopic (exact) mass is 276 g/mol. The Balaban J connectivity index is 1.89. The fourth-order valence-electron chi connectivity index (χ4n) is 2.46. The van der Waals surface area contributed by atoms with Crippen LogP contribution in [0.3, 0.4) is 0 Å². The molecule has 0 spiro atoms. The third-order valence-corrected chi connectivity index (χ3v) is 3.86. The summed E-state index contributed by atoms with van der Waals surface area (Å²) in [5.41, 5.74) is 2.55. The summed E-state index contributed by atoms with van der Waals surface area (Å²) in [5.74, 6) is 0. The maximum absolute atomic E-state index is 11.0. The standard InChI is InChI=1S/C16H24N2O2/c1-17(2)16(13-19)8-5-14-3-6-15(7-4-14)18-9-11-20-12-10-18/h3-4,6-7,13,16H,5,8-12H2,1-2H3/t16-/m0/s1. The van der Waals surface area contributed by atoms with E-state index in [1.54, 1.807) is 0 Å². The summed E-state index contributed by atoms with van der Waals surface area (Å²) in [6, 6.07) is 8.69. The number of rotatable bonds is 6. The third-order valence-electron chi connectivity index (χ3n) is 3.86. The molecular formula is C16H24N2O2. The summed E-state index contributed by atoms with van der Waals surface area (Å²) in [6.45, 7) is 3.55. The first-order valence-corrected chi connectivity index (χ1v) is 7.24. The lowest BCUT2D eigenvalue weighted by atomic mass is 10.0. The molecule has 1 aliphatic rings. The van der Waals surface area contributed by atoms with Gasteiger partial charge in [-0.2, -0.15) is 0 Å². The van der Waals surface area contributed by atoms with E-state index < -0.39 is 0 Å². The normalized spacial score (nSPS) is 17.2. The van der Waals surface area contributed by atoms with E-state index in [-0.39, 0.29) is 6.04 Å². The second kappa shape index (κ2) is 7.41. The van der Waals surface area contributed by atoms with Gasteiger partial charge in [0.05, 0.1) is 19.3 Å². The molecule has 0 saturated carbocycles. The summed E-state index contributed by atoms with van der Waals surface area (Å²) in [4.78, 5) is 15.3. The molecule has 0 amide bonds. The molecule has 20 heavy (non-hydrogen) atoms. The second-order valence-electron chi connectivity index (χ2n) is 5.47. The van der Waals surface area contributed by atoms with Crippen LogP contribution in [0.1, 0.15) is 12.0 Å². The number of anilines is 1. The van der Waals surface area contributed by atoms with Gasteiger partial charge in [-0.3, -0.25) is 4.90 Å². The van der Waals surface area contributed by atoms with Gasteiger partial charge in [0.15, 0.2) is 0 Å². The third kappa shape index (κ3) is 4.05. The number of aryl methyl sites for hydroxylation is 1. The number of likely N-dealkylation sites (N-methyl/N-ethyl adjacent to an activating group) is 1. The number of benzene rings is 1. The topological polar surface area (TPSA) is 32.8 Å². The van der Waals surface area contributed by atoms with Crippen LogP contribution in [-0.2, 0) is 16.0 Å². The van der Waals surface area contributed by atoms with E-state index in [9.17, 15) is 4.79 Å². The summed E-state index contributed by atoms with van der Waals surface area (Å²) < 4.78 is 5.37. The zero-order valence-corrected chi connectivity index (χ0v) is 12.4. The average molecular weight is 276 g/mol. The number of carbonyl (C=O) groups excluding carboxylic acids is 1. The van der Waals surface area contributed by atoms with E-state index in [2.05, 4.69) is 29.2 Å². The van der Waals surface area contributed by atoms with Gasteiger partial charge in [-0.1, -0.05) is 12.1 Å². The van der Waals surface area contributed by atoms with Gasteiger partial charge >= 0.3 is 0 Å². The highest BCUT2D eigenvalue weighted by Crippen LogP contribution is 2.17. The van der Waals surface area contributed by atoms with E-state index in [0.717, 1.165) is 45.4 Å². The Morgan fingerprint density at radius 3 is 2.45 bits per heavy atom. The molecule has 0 aromatic heterocycles. The highest BCUT2D eigenvalue weighted by Gasteiger charge is 2.12. The van der Waals surface area contributed by atoms with Crippen LogP contribution in [0.5, 0.6) is 0 Å². The van der Waals surface area contributed by atoms with Crippen LogP contribution < -0.4 is 4.90 Å². The summed E-state index contributed by atoms with van der Waals surface area (Å²) in [6.07, 6.45) is 2.83. The van der Waals surface area contributed by atoms with Gasteiger partial charge in [0, 0.05) is 18.8 Å². The van der Waals surface area contributed by atoms with E-state index >= 15 is 0 Å². The van der Waals surface area contributed by atoms with Crippen LogP contribution in [0.15, 0.2) is 24.3 Å². The van der Waals surface area contributed by atoms with Crippen LogP contribution in [0.2, 0.25) is 0 Å². The molecule has 1 fully saturated rings. The SMILES string of the molecule is CN(C)[C@H](C=O)CCc1ccc(N2CCOCC2)cc1. The van der Waals surface area contributed by atoms with Crippen molar-refractivity contribution in [3.63, 3.8) is 0 Å². The molecule has 0 unspecified atom stereocenters. The molecule has 2 rings (SSSR count). The highest BCUT2D eigenvalue weighted by molar-refractivity contribution is 5.57. The predicted molar refractivity (Wildman–Crippen MR) is 81.3 cm³/mol. The lowest BCUT2D eigenvalue weighted by molar-refractivity contribution is -0.111. The Hall–Kier alpha value is -1.39. The Kier molecular flexibility index (Phi) is 5.56. The van der Waals surface area contributed by atoms with E-state index in [1.807, 2.05) is 19.0 Å². The second-order valence-corrected chi connectivity index (χ2v) is 5.47. The van der Waals surface area contributed by atoms with Crippen molar-refractivity contribution in [2.24, 2.45) is 0 Å². The van der Waals surface area contributed by atoms with Crippen molar-refractivity contribution in [1.29, 1.82) is 0 Å². The molecule has 0 radical (unpaired) electrons. The number of nitrogens with zero attached hydrogens (tertiary/aromatic N) is 2. The number of carbonyl (C=O) groups is 1. The Bertz CT molecular complexity index is 411. The Labute approximate surface area is 121 Å². The number of hydrogen-bond donors (Lipinski definition) is 0. The van der Waals surface area contributed by atoms with Crippen LogP contribution >= 0.6 is 0 Å². The summed E-state index contributed by atoms with van der Waals surface area (Å²) in [5, 5.41) is 0. The molecule has 1 heterocycles. The maximum atomic E-state index is 11.0. The van der Waals surface area contributed by atoms with Crippen LogP contribution in [0, 0.1) is 0 Å². The largest absolute Gasteiger partial charge is 0.378 e. The van der Waals surface area contributed by atoms with Crippen molar-refractivity contribution in [2.45, 2.75) is 18.9 Å². The minimum atomic E-state index is 0.00826. The molecular weight excluding hydrogens is 252 g/mol. The molecule has 4 nitrogen and oxygen atoms in total. The first-order valence-electron chi connectivity index (χ1n) is 7.24. The van der Waals surface area contributed by atoms with E-state index in [1.165, 1.54) is 11.3 Å². The van der Waals surface area contributed by atoms with Gasteiger partial charge in [-0.15, -0.1) is 0 Å². The zero-order chi connectivity index (χ0) is 14.4. The van der Waals surface area contributed by atoms with Crippen molar-refractivity contribution < 1.29 is 9.53 Å². The Morgan fingerprint density at radius 1 is 1.25 bits per heavy atom. The van der Waals surface area contributed by atoms with Crippen molar-refractivity contribution in [3.8, 4) is 0 Å². The molecule has 0 N–H and O–H groups in total. The van der Waals surface area contributed by atoms with Crippen molar-refractivity contribution in [2.75, 3.05) is 45.3 Å². The Morgan fingerprint density at radius 2 is 1.90 bits per heavy atom. The minimum absolute atomic E-state index is 0.00826. The molecule has 1 aromatic carbocycles. The predicted octanol–water partition coefficient (Wildman–Crippen LogP) is 1.58. The van der Waals surface area contributed by atoms with Gasteiger partial charge in [-0.25, -0.2) is 0 Å². The molecule has 4 heteroatoms. The van der Waals surface area contributed by atoms with Gasteiger partial charge < -0.3 is 14.4 Å². The van der Waals surface area contributed by atoms with Gasteiger partial charge in [0.1, 0.15) is 6.29 Å². The number of ether oxygens (including phenoxy) is 1. The fraction of sp³-hybridized carbons (Fsp3) is 0.562. The fourth-order valence-corrected chi connectivity index (χ4v) is 2.46. The molecule has 110 valence electrons. The van der Waals surface area contributed by atoms with Crippen molar-refractivity contribution in [1.82, 2.24) is 4.90 Å². The lowest BCUT2D eigenvalue weighted by Gasteiger charge is -2.29. The molecule has 0 bridgehead atoms. The average Bonchev–Trinajstić information content (AvgIpc) is 2.49. The van der Waals surface area contributed by atoms with Gasteiger partial charge in [-0.05, 0) is 44.6 Å². The van der Waals surface area contributed by atoms with Gasteiger partial charge in [0.2, 0.25) is 0 Å². The highest BCUT2D eigenvalue weighted by atomic mass is 16.5. The molecule has 1 aromatic rings. The maximum Gasteiger partial charge on any atom is 0.137 e. The smallest absolute Gasteiger partial charge is 0.137 e. The summed E-state index contributed by atoms with van der Waals surface area (Å²) >= 11 is 0. The number of hydrogen-bond acceptors (Lipinski definition) is 4. The van der Waals surface area contributed by atoms with Crippen LogP contribution in [0.4, 0.5) is 5.69 Å². The van der Waals surface area contributed by atoms with E-state index in [0.29, 0.717) is 0 Å². The first-order chi connectivity index (χ1) is 9.70. The lowest BCUT2D eigenvalue weighted by Crippen LogP contribution is -2.36. The van der Waals surface area contributed by atoms with Crippen LogP contribution in [-0.4, -0.2) is 57.6 Å². The minimum Gasteiger partial charge on any atom is -0.378 e. The molecule has 1 aliphatic heterocycles. The number of aldehydes is 1. The molecule has 1 saturated heterocycles. The van der Waals surface area contributed by atoms with E-state index in [4.69, 9.17) is 4.74 Å².